The number of fused-ring (bicyclic) bond motifs is 3. The van der Waals surface area contributed by atoms with Gasteiger partial charge in [0.15, 0.2) is 5.65 Å². The zero-order valence-electron chi connectivity index (χ0n) is 14.3. The molecule has 1 amide bonds. The van der Waals surface area contributed by atoms with Crippen molar-refractivity contribution in [1.82, 2.24) is 20.5 Å². The first-order chi connectivity index (χ1) is 11.5. The number of H-pyrrole nitrogens is 1. The second-order valence-electron chi connectivity index (χ2n) is 7.54. The summed E-state index contributed by atoms with van der Waals surface area (Å²) >= 11 is 0. The Morgan fingerprint density at radius 3 is 2.71 bits per heavy atom. The second kappa shape index (κ2) is 5.84. The minimum absolute atomic E-state index is 0.00706. The van der Waals surface area contributed by atoms with E-state index in [-0.39, 0.29) is 11.9 Å². The lowest BCUT2D eigenvalue weighted by Crippen LogP contribution is -2.53. The Morgan fingerprint density at radius 1 is 1.29 bits per heavy atom. The summed E-state index contributed by atoms with van der Waals surface area (Å²) in [5, 5.41) is 11.3. The van der Waals surface area contributed by atoms with Crippen molar-refractivity contribution in [2.45, 2.75) is 58.0 Å². The van der Waals surface area contributed by atoms with Crippen LogP contribution < -0.4 is 11.1 Å². The molecule has 0 radical (unpaired) electrons. The minimum atomic E-state index is -0.00706. The molecule has 4 N–H and O–H groups in total. The molecular weight excluding hydrogens is 302 g/mol. The maximum atomic E-state index is 13.0. The first-order valence-electron chi connectivity index (χ1n) is 8.91. The fourth-order valence-corrected chi connectivity index (χ4v) is 4.73. The molecule has 2 atom stereocenters. The van der Waals surface area contributed by atoms with Gasteiger partial charge in [-0.25, -0.2) is 4.98 Å². The Bertz CT molecular complexity index is 769. The van der Waals surface area contributed by atoms with E-state index >= 15 is 0 Å². The number of aromatic nitrogens is 3. The summed E-state index contributed by atoms with van der Waals surface area (Å²) < 4.78 is 0. The Balaban J connectivity index is 1.64. The predicted molar refractivity (Wildman–Crippen MR) is 92.7 cm³/mol. The number of amides is 1. The molecule has 0 aliphatic heterocycles. The van der Waals surface area contributed by atoms with Gasteiger partial charge >= 0.3 is 0 Å². The maximum Gasteiger partial charge on any atom is 0.252 e. The summed E-state index contributed by atoms with van der Waals surface area (Å²) in [6.07, 6.45) is 5.65. The van der Waals surface area contributed by atoms with Gasteiger partial charge in [-0.3, -0.25) is 9.89 Å². The zero-order chi connectivity index (χ0) is 16.8. The van der Waals surface area contributed by atoms with Gasteiger partial charge in [0, 0.05) is 23.5 Å². The van der Waals surface area contributed by atoms with Crippen molar-refractivity contribution in [2.75, 3.05) is 0 Å². The Labute approximate surface area is 141 Å². The van der Waals surface area contributed by atoms with Crippen molar-refractivity contribution >= 4 is 16.9 Å². The normalized spacial score (nSPS) is 29.6. The van der Waals surface area contributed by atoms with E-state index in [1.165, 1.54) is 19.3 Å². The molecule has 2 aromatic rings. The van der Waals surface area contributed by atoms with Crippen LogP contribution in [-0.2, 0) is 0 Å². The van der Waals surface area contributed by atoms with Crippen LogP contribution in [0.5, 0.6) is 0 Å². The molecule has 2 aliphatic carbocycles. The van der Waals surface area contributed by atoms with Crippen molar-refractivity contribution in [1.29, 1.82) is 0 Å². The largest absolute Gasteiger partial charge is 0.349 e. The third-order valence-electron chi connectivity index (χ3n) is 5.75. The predicted octanol–water partition coefficient (Wildman–Crippen LogP) is 2.21. The molecule has 4 rings (SSSR count). The number of nitrogens with zero attached hydrogens (tertiary/aromatic N) is 2. The van der Waals surface area contributed by atoms with E-state index in [1.807, 2.05) is 19.9 Å². The second-order valence-corrected chi connectivity index (χ2v) is 7.54. The van der Waals surface area contributed by atoms with Gasteiger partial charge in [-0.1, -0.05) is 6.42 Å². The molecule has 24 heavy (non-hydrogen) atoms. The van der Waals surface area contributed by atoms with Gasteiger partial charge in [0.1, 0.15) is 0 Å². The molecule has 2 fully saturated rings. The van der Waals surface area contributed by atoms with Crippen molar-refractivity contribution in [2.24, 2.45) is 17.6 Å². The topological polar surface area (TPSA) is 96.7 Å². The van der Waals surface area contributed by atoms with Crippen LogP contribution in [0.4, 0.5) is 0 Å². The fourth-order valence-electron chi connectivity index (χ4n) is 4.73. The number of aryl methyl sites for hydroxylation is 2. The SMILES string of the molecule is Cc1cc(C(=O)NC2C3CCCC2CC(N)C3)c2c(C)[nH]nc2n1. The first-order valence-corrected chi connectivity index (χ1v) is 8.91. The number of nitrogens with one attached hydrogen (secondary N) is 2. The smallest absolute Gasteiger partial charge is 0.252 e. The quantitative estimate of drug-likeness (QED) is 0.788. The van der Waals surface area contributed by atoms with Crippen LogP contribution in [-0.4, -0.2) is 33.2 Å². The molecule has 2 bridgehead atoms. The number of aromatic amines is 1. The summed E-state index contributed by atoms with van der Waals surface area (Å²) in [7, 11) is 0. The first kappa shape index (κ1) is 15.6. The van der Waals surface area contributed by atoms with Gasteiger partial charge in [0.05, 0.1) is 10.9 Å². The average molecular weight is 327 g/mol. The molecule has 2 unspecified atom stereocenters. The van der Waals surface area contributed by atoms with Crippen LogP contribution >= 0.6 is 0 Å². The highest BCUT2D eigenvalue weighted by atomic mass is 16.1. The number of carbonyl (C=O) groups is 1. The Hall–Kier alpha value is -1.95. The molecular formula is C18H25N5O. The van der Waals surface area contributed by atoms with Gasteiger partial charge in [0.25, 0.3) is 5.91 Å². The standard InChI is InChI=1S/C18H25N5O/c1-9-6-14(15-10(2)22-23-17(15)20-9)18(24)21-16-11-4-3-5-12(16)8-13(19)7-11/h6,11-13,16H,3-5,7-8,19H2,1-2H3,(H,21,24)(H,20,22,23). The van der Waals surface area contributed by atoms with E-state index in [0.29, 0.717) is 29.1 Å². The zero-order valence-corrected chi connectivity index (χ0v) is 14.3. The van der Waals surface area contributed by atoms with Gasteiger partial charge in [0.2, 0.25) is 0 Å². The van der Waals surface area contributed by atoms with Gasteiger partial charge in [-0.05, 0) is 57.4 Å². The minimum Gasteiger partial charge on any atom is -0.349 e. The van der Waals surface area contributed by atoms with Crippen molar-refractivity contribution in [3.8, 4) is 0 Å². The molecule has 6 nitrogen and oxygen atoms in total. The summed E-state index contributed by atoms with van der Waals surface area (Å²) in [5.41, 5.74) is 9.18. The van der Waals surface area contributed by atoms with E-state index in [9.17, 15) is 4.79 Å². The highest BCUT2D eigenvalue weighted by Gasteiger charge is 2.40. The summed E-state index contributed by atoms with van der Waals surface area (Å²) in [6, 6.07) is 2.41. The number of hydrogen-bond donors (Lipinski definition) is 3. The van der Waals surface area contributed by atoms with Crippen molar-refractivity contribution < 1.29 is 4.79 Å². The number of nitrogens with two attached hydrogens (primary N) is 1. The van der Waals surface area contributed by atoms with Crippen LogP contribution in [0.2, 0.25) is 0 Å². The monoisotopic (exact) mass is 327 g/mol. The molecule has 0 aromatic carbocycles. The third kappa shape index (κ3) is 2.59. The average Bonchev–Trinajstić information content (AvgIpc) is 2.88. The van der Waals surface area contributed by atoms with Crippen LogP contribution in [0, 0.1) is 25.7 Å². The number of hydrogen-bond acceptors (Lipinski definition) is 4. The highest BCUT2D eigenvalue weighted by molar-refractivity contribution is 6.06. The number of rotatable bonds is 2. The van der Waals surface area contributed by atoms with E-state index < -0.39 is 0 Å². The molecule has 2 aliphatic rings. The molecule has 0 spiro atoms. The molecule has 128 valence electrons. The molecule has 6 heteroatoms. The van der Waals surface area contributed by atoms with E-state index in [2.05, 4.69) is 20.5 Å². The summed E-state index contributed by atoms with van der Waals surface area (Å²) in [6.45, 7) is 3.83. The van der Waals surface area contributed by atoms with Crippen LogP contribution in [0.3, 0.4) is 0 Å². The van der Waals surface area contributed by atoms with Crippen LogP contribution in [0.1, 0.15) is 53.8 Å². The van der Waals surface area contributed by atoms with Crippen molar-refractivity contribution in [3.05, 3.63) is 23.0 Å². The summed E-state index contributed by atoms with van der Waals surface area (Å²) in [4.78, 5) is 17.4. The lowest BCUT2D eigenvalue weighted by molar-refractivity contribution is 0.0757. The van der Waals surface area contributed by atoms with E-state index in [1.54, 1.807) is 0 Å². The fraction of sp³-hybridized carbons (Fsp3) is 0.611. The van der Waals surface area contributed by atoms with Gasteiger partial charge in [-0.2, -0.15) is 5.10 Å². The molecule has 2 saturated carbocycles. The lowest BCUT2D eigenvalue weighted by Gasteiger charge is -2.45. The Morgan fingerprint density at radius 2 is 2.00 bits per heavy atom. The number of carbonyl (C=O) groups excluding carboxylic acids is 1. The summed E-state index contributed by atoms with van der Waals surface area (Å²) in [5.74, 6) is 1.02. The number of pyridine rings is 1. The third-order valence-corrected chi connectivity index (χ3v) is 5.75. The van der Waals surface area contributed by atoms with E-state index in [0.717, 1.165) is 29.6 Å². The van der Waals surface area contributed by atoms with Crippen LogP contribution in [0.25, 0.3) is 11.0 Å². The Kier molecular flexibility index (Phi) is 3.79. The molecule has 2 heterocycles. The van der Waals surface area contributed by atoms with Crippen LogP contribution in [0.15, 0.2) is 6.07 Å². The van der Waals surface area contributed by atoms with Crippen molar-refractivity contribution in [3.63, 3.8) is 0 Å². The molecule has 2 aromatic heterocycles. The molecule has 0 saturated heterocycles. The lowest BCUT2D eigenvalue weighted by atomic mass is 9.67. The highest BCUT2D eigenvalue weighted by Crippen LogP contribution is 2.39. The van der Waals surface area contributed by atoms with Gasteiger partial charge in [-0.15, -0.1) is 0 Å². The maximum absolute atomic E-state index is 13.0. The van der Waals surface area contributed by atoms with E-state index in [4.69, 9.17) is 5.73 Å². The van der Waals surface area contributed by atoms with Gasteiger partial charge < -0.3 is 11.1 Å².